The summed E-state index contributed by atoms with van der Waals surface area (Å²) in [7, 11) is 0. The smallest absolute Gasteiger partial charge is 0.343 e. The second kappa shape index (κ2) is 7.36. The first-order valence-corrected chi connectivity index (χ1v) is 9.94. The van der Waals surface area contributed by atoms with Crippen molar-refractivity contribution in [1.82, 2.24) is 0 Å². The zero-order valence-corrected chi connectivity index (χ0v) is 17.1. The van der Waals surface area contributed by atoms with Crippen LogP contribution in [-0.2, 0) is 19.1 Å². The highest BCUT2D eigenvalue weighted by Crippen LogP contribution is 2.63. The normalized spacial score (nSPS) is 37.0. The summed E-state index contributed by atoms with van der Waals surface area (Å²) in [6, 6.07) is 0. The predicted octanol–water partition coefficient (Wildman–Crippen LogP) is 3.65. The summed E-state index contributed by atoms with van der Waals surface area (Å²) in [4.78, 5) is 24.9. The zero-order chi connectivity index (χ0) is 20.6. The van der Waals surface area contributed by atoms with Crippen molar-refractivity contribution in [3.05, 3.63) is 48.1 Å². The summed E-state index contributed by atoms with van der Waals surface area (Å²) in [6.07, 6.45) is 14.1. The van der Waals surface area contributed by atoms with Crippen molar-refractivity contribution in [2.24, 2.45) is 16.7 Å². The second-order valence-corrected chi connectivity index (χ2v) is 8.89. The molecular formula is C23H30O5. The predicted molar refractivity (Wildman–Crippen MR) is 106 cm³/mol. The molecule has 1 N–H and O–H groups in total. The summed E-state index contributed by atoms with van der Waals surface area (Å²) in [6.45, 7) is 8.14. The van der Waals surface area contributed by atoms with Gasteiger partial charge in [-0.3, -0.25) is 0 Å². The van der Waals surface area contributed by atoms with Gasteiger partial charge in [-0.25, -0.2) is 9.59 Å². The van der Waals surface area contributed by atoms with Crippen LogP contribution in [0.15, 0.2) is 48.1 Å². The third-order valence-electron chi connectivity index (χ3n) is 6.70. The molecular weight excluding hydrogens is 356 g/mol. The van der Waals surface area contributed by atoms with Crippen molar-refractivity contribution in [2.45, 2.75) is 58.7 Å². The van der Waals surface area contributed by atoms with Crippen molar-refractivity contribution in [1.29, 1.82) is 0 Å². The van der Waals surface area contributed by atoms with E-state index in [4.69, 9.17) is 9.47 Å². The average Bonchev–Trinajstić information content (AvgIpc) is 2.90. The van der Waals surface area contributed by atoms with E-state index in [9.17, 15) is 14.7 Å². The molecule has 0 radical (unpaired) electrons. The molecule has 1 saturated carbocycles. The lowest BCUT2D eigenvalue weighted by atomic mass is 9.46. The van der Waals surface area contributed by atoms with Crippen LogP contribution >= 0.6 is 0 Å². The minimum absolute atomic E-state index is 0.0497. The number of ether oxygens (including phenoxy) is 2. The Hall–Kier alpha value is -2.14. The molecule has 0 aromatic heterocycles. The maximum Gasteiger partial charge on any atom is 0.343 e. The van der Waals surface area contributed by atoms with Crippen molar-refractivity contribution in [3.63, 3.8) is 0 Å². The molecule has 1 heterocycles. The van der Waals surface area contributed by atoms with Crippen molar-refractivity contribution in [2.75, 3.05) is 6.61 Å². The Morgan fingerprint density at radius 3 is 2.64 bits per heavy atom. The molecule has 0 aromatic carbocycles. The molecule has 0 amide bonds. The number of carbonyl (C=O) groups is 2. The van der Waals surface area contributed by atoms with E-state index in [1.165, 1.54) is 6.08 Å². The molecule has 3 rings (SSSR count). The first kappa shape index (κ1) is 20.6. The zero-order valence-electron chi connectivity index (χ0n) is 17.1. The Balaban J connectivity index is 1.93. The summed E-state index contributed by atoms with van der Waals surface area (Å²) in [5, 5.41) is 11.4. The standard InChI is InChI=1S/C23H30O5/c1-5-6-7-8-9-11-18(24)28-17-14-16-15-27-20(25)23(16,26)22(4)13-10-12-21(2,3)19(17)22/h5-9,11,14,17,19,26H,10,12-13,15H2,1-4H3/b6-5+,8-7+,11-9+/t17-,19+,22+,23+/m1/s1. The quantitative estimate of drug-likeness (QED) is 0.346. The molecule has 2 fully saturated rings. The molecule has 0 spiro atoms. The average molecular weight is 386 g/mol. The highest BCUT2D eigenvalue weighted by Gasteiger charge is 2.69. The number of hydrogen-bond donors (Lipinski definition) is 1. The molecule has 5 heteroatoms. The van der Waals surface area contributed by atoms with Crippen LogP contribution in [0.2, 0.25) is 0 Å². The Morgan fingerprint density at radius 2 is 1.93 bits per heavy atom. The number of cyclic esters (lactones) is 1. The van der Waals surface area contributed by atoms with Crippen LogP contribution in [-0.4, -0.2) is 35.4 Å². The first-order chi connectivity index (χ1) is 13.2. The van der Waals surface area contributed by atoms with E-state index in [-0.39, 0.29) is 17.9 Å². The van der Waals surface area contributed by atoms with Gasteiger partial charge in [0.25, 0.3) is 0 Å². The summed E-state index contributed by atoms with van der Waals surface area (Å²) in [5.41, 5.74) is -2.06. The Bertz CT molecular complexity index is 772. The minimum atomic E-state index is -1.64. The van der Waals surface area contributed by atoms with E-state index < -0.39 is 29.1 Å². The van der Waals surface area contributed by atoms with Gasteiger partial charge in [0.15, 0.2) is 5.60 Å². The highest BCUT2D eigenvalue weighted by molar-refractivity contribution is 5.88. The SMILES string of the molecule is C/C=C/C=C/C=C/C(=O)O[C@@H]1C=C2COC(=O)[C@]2(O)[C@@]2(C)CCCC(C)(C)[C@H]12. The molecule has 4 atom stereocenters. The number of allylic oxidation sites excluding steroid dienone is 5. The fourth-order valence-corrected chi connectivity index (χ4v) is 5.49. The van der Waals surface area contributed by atoms with E-state index in [0.29, 0.717) is 12.0 Å². The lowest BCUT2D eigenvalue weighted by molar-refractivity contribution is -0.194. The van der Waals surface area contributed by atoms with Crippen molar-refractivity contribution < 1.29 is 24.2 Å². The lowest BCUT2D eigenvalue weighted by Crippen LogP contribution is -2.65. The van der Waals surface area contributed by atoms with Crippen LogP contribution < -0.4 is 0 Å². The van der Waals surface area contributed by atoms with E-state index in [0.717, 1.165) is 12.8 Å². The van der Waals surface area contributed by atoms with E-state index >= 15 is 0 Å². The van der Waals surface area contributed by atoms with E-state index in [2.05, 4.69) is 13.8 Å². The summed E-state index contributed by atoms with van der Waals surface area (Å²) < 4.78 is 11.0. The second-order valence-electron chi connectivity index (χ2n) is 8.89. The Labute approximate surface area is 166 Å². The minimum Gasteiger partial charge on any atom is -0.459 e. The fourth-order valence-electron chi connectivity index (χ4n) is 5.49. The van der Waals surface area contributed by atoms with E-state index in [1.807, 2.05) is 32.1 Å². The van der Waals surface area contributed by atoms with Gasteiger partial charge in [0.05, 0.1) is 0 Å². The molecule has 0 aromatic rings. The van der Waals surface area contributed by atoms with Crippen molar-refractivity contribution >= 4 is 11.9 Å². The number of carbonyl (C=O) groups excluding carboxylic acids is 2. The van der Waals surface area contributed by atoms with Crippen LogP contribution in [0.4, 0.5) is 0 Å². The van der Waals surface area contributed by atoms with Crippen molar-refractivity contribution in [3.8, 4) is 0 Å². The number of aliphatic hydroxyl groups is 1. The summed E-state index contributed by atoms with van der Waals surface area (Å²) in [5.74, 6) is -1.21. The maximum atomic E-state index is 12.5. The van der Waals surface area contributed by atoms with Gasteiger partial charge in [-0.05, 0) is 31.3 Å². The molecule has 1 saturated heterocycles. The summed E-state index contributed by atoms with van der Waals surface area (Å²) >= 11 is 0. The van der Waals surface area contributed by atoms with Crippen LogP contribution in [0.3, 0.4) is 0 Å². The third-order valence-corrected chi connectivity index (χ3v) is 6.70. The highest BCUT2D eigenvalue weighted by atomic mass is 16.6. The van der Waals surface area contributed by atoms with Gasteiger partial charge in [-0.2, -0.15) is 0 Å². The lowest BCUT2D eigenvalue weighted by Gasteiger charge is -2.59. The molecule has 3 aliphatic rings. The molecule has 0 bridgehead atoms. The Morgan fingerprint density at radius 1 is 1.21 bits per heavy atom. The maximum absolute atomic E-state index is 12.5. The molecule has 28 heavy (non-hydrogen) atoms. The molecule has 1 aliphatic heterocycles. The van der Waals surface area contributed by atoms with Crippen LogP contribution in [0.5, 0.6) is 0 Å². The van der Waals surface area contributed by atoms with Gasteiger partial charge >= 0.3 is 11.9 Å². The first-order valence-electron chi connectivity index (χ1n) is 9.94. The number of esters is 2. The molecule has 0 unspecified atom stereocenters. The topological polar surface area (TPSA) is 72.8 Å². The number of rotatable bonds is 4. The van der Waals surface area contributed by atoms with E-state index in [1.54, 1.807) is 18.2 Å². The van der Waals surface area contributed by atoms with Gasteiger partial charge in [-0.15, -0.1) is 0 Å². The van der Waals surface area contributed by atoms with Crippen LogP contribution in [0, 0.1) is 16.7 Å². The Kier molecular flexibility index (Phi) is 5.41. The van der Waals surface area contributed by atoms with Crippen LogP contribution in [0.25, 0.3) is 0 Å². The van der Waals surface area contributed by atoms with Gasteiger partial charge in [0, 0.05) is 23.0 Å². The molecule has 5 nitrogen and oxygen atoms in total. The van der Waals surface area contributed by atoms with Gasteiger partial charge in [0.2, 0.25) is 0 Å². The van der Waals surface area contributed by atoms with Crippen LogP contribution in [0.1, 0.15) is 47.0 Å². The van der Waals surface area contributed by atoms with Gasteiger partial charge in [0.1, 0.15) is 12.7 Å². The van der Waals surface area contributed by atoms with Gasteiger partial charge < -0.3 is 14.6 Å². The largest absolute Gasteiger partial charge is 0.459 e. The fraction of sp³-hybridized carbons (Fsp3) is 0.565. The molecule has 2 aliphatic carbocycles. The molecule has 152 valence electrons. The number of hydrogen-bond acceptors (Lipinski definition) is 5. The third kappa shape index (κ3) is 3.16. The van der Waals surface area contributed by atoms with Gasteiger partial charge in [-0.1, -0.05) is 57.6 Å². The monoisotopic (exact) mass is 386 g/mol. The number of fused-ring (bicyclic) bond motifs is 3.